The minimum absolute atomic E-state index is 0.175. The number of rotatable bonds is 3. The summed E-state index contributed by atoms with van der Waals surface area (Å²) < 4.78 is 0. The Morgan fingerprint density at radius 3 is 2.54 bits per heavy atom. The third kappa shape index (κ3) is 2.70. The largest absolute Gasteiger partial charge is 0.366 e. The van der Waals surface area contributed by atoms with E-state index in [1.165, 1.54) is 0 Å². The van der Waals surface area contributed by atoms with Crippen LogP contribution in [0.3, 0.4) is 0 Å². The fourth-order valence-corrected chi connectivity index (χ4v) is 0.836. The number of nitrogens with zero attached hydrogens (tertiary/aromatic N) is 2. The molecule has 1 heterocycles. The Hall–Kier alpha value is -1.65. The summed E-state index contributed by atoms with van der Waals surface area (Å²) in [6.07, 6.45) is 0. The Balaban J connectivity index is 2.75. The van der Waals surface area contributed by atoms with E-state index in [9.17, 15) is 4.79 Å². The van der Waals surface area contributed by atoms with Gasteiger partial charge in [-0.1, -0.05) is 0 Å². The molecular weight excluding hydrogens is 168 g/mol. The molecule has 0 saturated heterocycles. The summed E-state index contributed by atoms with van der Waals surface area (Å²) in [5.74, 6) is 0.0728. The van der Waals surface area contributed by atoms with E-state index in [0.29, 0.717) is 5.82 Å². The second kappa shape index (κ2) is 3.84. The minimum atomic E-state index is -0.566. The van der Waals surface area contributed by atoms with Crippen LogP contribution in [-0.2, 0) is 0 Å². The molecule has 0 radical (unpaired) electrons. The molecule has 5 nitrogen and oxygen atoms in total. The Morgan fingerprint density at radius 2 is 2.15 bits per heavy atom. The van der Waals surface area contributed by atoms with E-state index in [1.54, 1.807) is 12.1 Å². The maximum atomic E-state index is 10.6. The number of hydrogen-bond donors (Lipinski definition) is 2. The number of carbonyl (C=O) groups is 1. The molecule has 1 rings (SSSR count). The maximum absolute atomic E-state index is 10.6. The molecule has 0 aliphatic heterocycles. The lowest BCUT2D eigenvalue weighted by Gasteiger charge is -2.07. The van der Waals surface area contributed by atoms with Crippen molar-refractivity contribution in [1.82, 2.24) is 10.2 Å². The van der Waals surface area contributed by atoms with Crippen LogP contribution in [-0.4, -0.2) is 22.1 Å². The van der Waals surface area contributed by atoms with Crippen molar-refractivity contribution in [3.05, 3.63) is 17.8 Å². The van der Waals surface area contributed by atoms with Gasteiger partial charge in [-0.05, 0) is 26.0 Å². The highest BCUT2D eigenvalue weighted by atomic mass is 16.1. The van der Waals surface area contributed by atoms with Crippen LogP contribution in [0.4, 0.5) is 5.82 Å². The van der Waals surface area contributed by atoms with Crippen LogP contribution in [0.5, 0.6) is 0 Å². The second-order valence-corrected chi connectivity index (χ2v) is 2.97. The van der Waals surface area contributed by atoms with E-state index in [2.05, 4.69) is 15.5 Å². The molecule has 0 fully saturated rings. The molecule has 1 aromatic rings. The average Bonchev–Trinajstić information content (AvgIpc) is 2.04. The zero-order valence-electron chi connectivity index (χ0n) is 7.61. The van der Waals surface area contributed by atoms with Gasteiger partial charge in [0.25, 0.3) is 5.91 Å². The molecule has 0 saturated carbocycles. The number of primary amides is 1. The lowest BCUT2D eigenvalue weighted by atomic mass is 10.3. The topological polar surface area (TPSA) is 80.9 Å². The fourth-order valence-electron chi connectivity index (χ4n) is 0.836. The van der Waals surface area contributed by atoms with Crippen molar-refractivity contribution >= 4 is 11.7 Å². The van der Waals surface area contributed by atoms with Crippen molar-refractivity contribution in [3.8, 4) is 0 Å². The molecule has 0 bridgehead atoms. The maximum Gasteiger partial charge on any atom is 0.269 e. The van der Waals surface area contributed by atoms with Gasteiger partial charge >= 0.3 is 0 Å². The van der Waals surface area contributed by atoms with Crippen molar-refractivity contribution in [2.75, 3.05) is 5.32 Å². The first-order valence-corrected chi connectivity index (χ1v) is 3.99. The van der Waals surface area contributed by atoms with Gasteiger partial charge in [-0.25, -0.2) is 0 Å². The van der Waals surface area contributed by atoms with Gasteiger partial charge in [0, 0.05) is 6.04 Å². The van der Waals surface area contributed by atoms with Gasteiger partial charge in [0.2, 0.25) is 0 Å². The highest BCUT2D eigenvalue weighted by molar-refractivity contribution is 5.90. The predicted molar refractivity (Wildman–Crippen MR) is 49.3 cm³/mol. The van der Waals surface area contributed by atoms with Crippen LogP contribution in [0.2, 0.25) is 0 Å². The van der Waals surface area contributed by atoms with Gasteiger partial charge < -0.3 is 11.1 Å². The van der Waals surface area contributed by atoms with Crippen LogP contribution in [0.1, 0.15) is 24.3 Å². The molecule has 70 valence electrons. The molecule has 1 amide bonds. The summed E-state index contributed by atoms with van der Waals surface area (Å²) in [4.78, 5) is 10.6. The number of nitrogens with two attached hydrogens (primary N) is 1. The number of hydrogen-bond acceptors (Lipinski definition) is 4. The highest BCUT2D eigenvalue weighted by Crippen LogP contribution is 2.02. The Bertz CT molecular complexity index is 294. The summed E-state index contributed by atoms with van der Waals surface area (Å²) in [5.41, 5.74) is 5.18. The first kappa shape index (κ1) is 9.44. The molecule has 0 aromatic carbocycles. The van der Waals surface area contributed by atoms with Crippen molar-refractivity contribution < 1.29 is 4.79 Å². The minimum Gasteiger partial charge on any atom is -0.366 e. The molecule has 0 aliphatic rings. The number of amides is 1. The van der Waals surface area contributed by atoms with Crippen molar-refractivity contribution in [3.63, 3.8) is 0 Å². The lowest BCUT2D eigenvalue weighted by Crippen LogP contribution is -2.16. The van der Waals surface area contributed by atoms with Gasteiger partial charge in [-0.3, -0.25) is 4.79 Å². The smallest absolute Gasteiger partial charge is 0.269 e. The van der Waals surface area contributed by atoms with Gasteiger partial charge in [-0.2, -0.15) is 0 Å². The zero-order chi connectivity index (χ0) is 9.84. The van der Waals surface area contributed by atoms with E-state index in [0.717, 1.165) is 0 Å². The van der Waals surface area contributed by atoms with Crippen LogP contribution < -0.4 is 11.1 Å². The van der Waals surface area contributed by atoms with Crippen molar-refractivity contribution in [2.24, 2.45) is 5.73 Å². The monoisotopic (exact) mass is 180 g/mol. The molecule has 3 N–H and O–H groups in total. The quantitative estimate of drug-likeness (QED) is 0.705. The number of nitrogens with one attached hydrogen (secondary N) is 1. The first-order valence-electron chi connectivity index (χ1n) is 3.99. The van der Waals surface area contributed by atoms with Gasteiger partial charge in [-0.15, -0.1) is 10.2 Å². The van der Waals surface area contributed by atoms with Crippen molar-refractivity contribution in [2.45, 2.75) is 19.9 Å². The molecule has 0 aliphatic carbocycles. The number of anilines is 1. The van der Waals surface area contributed by atoms with E-state index in [-0.39, 0.29) is 11.7 Å². The number of carbonyl (C=O) groups excluding carboxylic acids is 1. The van der Waals surface area contributed by atoms with E-state index in [4.69, 9.17) is 5.73 Å². The third-order valence-corrected chi connectivity index (χ3v) is 1.35. The van der Waals surface area contributed by atoms with Crippen LogP contribution in [0, 0.1) is 0 Å². The predicted octanol–water partition coefficient (Wildman–Crippen LogP) is 0.396. The lowest BCUT2D eigenvalue weighted by molar-refractivity contribution is 0.0994. The zero-order valence-corrected chi connectivity index (χ0v) is 7.61. The first-order chi connectivity index (χ1) is 6.09. The molecule has 5 heteroatoms. The Morgan fingerprint density at radius 1 is 1.46 bits per heavy atom. The Kier molecular flexibility index (Phi) is 2.79. The highest BCUT2D eigenvalue weighted by Gasteiger charge is 2.02. The molecule has 0 unspecified atom stereocenters. The van der Waals surface area contributed by atoms with Crippen LogP contribution in [0.25, 0.3) is 0 Å². The molecule has 0 spiro atoms. The van der Waals surface area contributed by atoms with Crippen molar-refractivity contribution in [1.29, 1.82) is 0 Å². The summed E-state index contributed by atoms with van der Waals surface area (Å²) in [6, 6.07) is 3.50. The second-order valence-electron chi connectivity index (χ2n) is 2.97. The summed E-state index contributed by atoms with van der Waals surface area (Å²) in [6.45, 7) is 3.98. The normalized spacial score (nSPS) is 10.1. The molecule has 13 heavy (non-hydrogen) atoms. The van der Waals surface area contributed by atoms with E-state index in [1.807, 2.05) is 13.8 Å². The van der Waals surface area contributed by atoms with E-state index < -0.39 is 5.91 Å². The summed E-state index contributed by atoms with van der Waals surface area (Å²) in [7, 11) is 0. The van der Waals surface area contributed by atoms with Gasteiger partial charge in [0.05, 0.1) is 0 Å². The van der Waals surface area contributed by atoms with Crippen LogP contribution >= 0.6 is 0 Å². The number of aromatic nitrogens is 2. The SMILES string of the molecule is CC(C)Nc1ccc(C(N)=O)nn1. The standard InChI is InChI=1S/C8H12N4O/c1-5(2)10-7-4-3-6(8(9)13)11-12-7/h3-5H,1-2H3,(H2,9,13)(H,10,12). The van der Waals surface area contributed by atoms with Gasteiger partial charge in [0.1, 0.15) is 5.82 Å². The average molecular weight is 180 g/mol. The molecule has 0 atom stereocenters. The molecule has 1 aromatic heterocycles. The summed E-state index contributed by atoms with van der Waals surface area (Å²) >= 11 is 0. The van der Waals surface area contributed by atoms with Crippen LogP contribution in [0.15, 0.2) is 12.1 Å². The third-order valence-electron chi connectivity index (χ3n) is 1.35. The Labute approximate surface area is 76.4 Å². The summed E-state index contributed by atoms with van der Waals surface area (Å²) in [5, 5.41) is 10.5. The van der Waals surface area contributed by atoms with E-state index >= 15 is 0 Å². The molecular formula is C8H12N4O. The fraction of sp³-hybridized carbons (Fsp3) is 0.375. The van der Waals surface area contributed by atoms with Gasteiger partial charge in [0.15, 0.2) is 5.69 Å².